The second kappa shape index (κ2) is 5.19. The zero-order valence-corrected chi connectivity index (χ0v) is 10.4. The summed E-state index contributed by atoms with van der Waals surface area (Å²) < 4.78 is 5.61. The van der Waals surface area contributed by atoms with E-state index in [4.69, 9.17) is 15.6 Å². The Morgan fingerprint density at radius 1 is 1.47 bits per heavy atom. The maximum atomic E-state index is 10.9. The second-order valence-corrected chi connectivity index (χ2v) is 4.67. The number of benzene rings is 1. The molecule has 3 N–H and O–H groups in total. The molecule has 0 heterocycles. The summed E-state index contributed by atoms with van der Waals surface area (Å²) in [5.74, 6) is -0.291. The van der Waals surface area contributed by atoms with Gasteiger partial charge in [0.2, 0.25) is 0 Å². The van der Waals surface area contributed by atoms with Crippen molar-refractivity contribution < 1.29 is 14.6 Å². The van der Waals surface area contributed by atoms with E-state index in [-0.39, 0.29) is 12.5 Å². The van der Waals surface area contributed by atoms with Gasteiger partial charge in [0, 0.05) is 6.42 Å². The van der Waals surface area contributed by atoms with Crippen LogP contribution in [0.1, 0.15) is 25.8 Å². The third kappa shape index (κ3) is 4.07. The molecule has 2 atom stereocenters. The lowest BCUT2D eigenvalue weighted by molar-refractivity contribution is -0.143. The number of nitrogens with two attached hydrogens (primary N) is 1. The van der Waals surface area contributed by atoms with Crippen LogP contribution >= 0.6 is 0 Å². The molecule has 0 saturated heterocycles. The smallest absolute Gasteiger partial charge is 0.323 e. The molecule has 0 aromatic heterocycles. The highest BCUT2D eigenvalue weighted by molar-refractivity contribution is 5.77. The first kappa shape index (κ1) is 13.5. The average Bonchev–Trinajstić information content (AvgIpc) is 2.20. The lowest BCUT2D eigenvalue weighted by Gasteiger charge is -2.24. The Morgan fingerprint density at radius 3 is 2.47 bits per heavy atom. The number of carbonyl (C=O) groups is 1. The third-order valence-electron chi connectivity index (χ3n) is 2.56. The molecule has 0 aliphatic carbocycles. The van der Waals surface area contributed by atoms with Crippen LogP contribution < -0.4 is 10.5 Å². The predicted molar refractivity (Wildman–Crippen MR) is 66.1 cm³/mol. The number of carboxylic acid groups (broad SMARTS) is 1. The molecule has 0 aliphatic rings. The Balaban J connectivity index is 2.58. The molecule has 0 spiro atoms. The summed E-state index contributed by atoms with van der Waals surface area (Å²) in [7, 11) is 0. The van der Waals surface area contributed by atoms with Gasteiger partial charge < -0.3 is 15.6 Å². The largest absolute Gasteiger partial charge is 0.491 e. The average molecular weight is 237 g/mol. The Bertz CT molecular complexity index is 384. The van der Waals surface area contributed by atoms with Crippen molar-refractivity contribution in [2.45, 2.75) is 38.8 Å². The minimum Gasteiger partial charge on any atom is -0.491 e. The van der Waals surface area contributed by atoms with E-state index < -0.39 is 11.5 Å². The summed E-state index contributed by atoms with van der Waals surface area (Å²) in [4.78, 5) is 10.9. The van der Waals surface area contributed by atoms with Gasteiger partial charge in [-0.2, -0.15) is 0 Å². The fourth-order valence-electron chi connectivity index (χ4n) is 1.58. The molecule has 1 rings (SSSR count). The van der Waals surface area contributed by atoms with Crippen molar-refractivity contribution in [2.75, 3.05) is 0 Å². The first-order chi connectivity index (χ1) is 7.81. The molecule has 4 heteroatoms. The Morgan fingerprint density at radius 2 is 2.00 bits per heavy atom. The highest BCUT2D eigenvalue weighted by atomic mass is 16.5. The third-order valence-corrected chi connectivity index (χ3v) is 2.56. The fraction of sp³-hybridized carbons (Fsp3) is 0.462. The Hall–Kier alpha value is -1.55. The molecule has 17 heavy (non-hydrogen) atoms. The summed E-state index contributed by atoms with van der Waals surface area (Å²) in [6.07, 6.45) is 0.0137. The van der Waals surface area contributed by atoms with Gasteiger partial charge in [-0.05, 0) is 32.9 Å². The van der Waals surface area contributed by atoms with Crippen LogP contribution in [0, 0.1) is 6.92 Å². The Labute approximate surface area is 101 Å². The van der Waals surface area contributed by atoms with Crippen LogP contribution in [0.2, 0.25) is 0 Å². The van der Waals surface area contributed by atoms with Gasteiger partial charge in [-0.3, -0.25) is 4.79 Å². The molecule has 0 fully saturated rings. The van der Waals surface area contributed by atoms with Gasteiger partial charge in [-0.15, -0.1) is 0 Å². The summed E-state index contributed by atoms with van der Waals surface area (Å²) in [6.45, 7) is 5.30. The molecule has 0 saturated carbocycles. The number of ether oxygens (including phenoxy) is 1. The minimum absolute atomic E-state index is 0.246. The summed E-state index contributed by atoms with van der Waals surface area (Å²) >= 11 is 0. The van der Waals surface area contributed by atoms with Crippen LogP contribution in [0.25, 0.3) is 0 Å². The van der Waals surface area contributed by atoms with Crippen LogP contribution in [-0.4, -0.2) is 22.7 Å². The van der Waals surface area contributed by atoms with E-state index in [1.54, 1.807) is 0 Å². The van der Waals surface area contributed by atoms with E-state index in [0.29, 0.717) is 0 Å². The van der Waals surface area contributed by atoms with Gasteiger partial charge in [-0.1, -0.05) is 17.7 Å². The number of aliphatic carboxylic acids is 1. The lowest BCUT2D eigenvalue weighted by atomic mass is 9.96. The molecule has 94 valence electrons. The van der Waals surface area contributed by atoms with Crippen molar-refractivity contribution in [3.05, 3.63) is 29.8 Å². The second-order valence-electron chi connectivity index (χ2n) is 4.67. The van der Waals surface area contributed by atoms with Crippen molar-refractivity contribution in [3.8, 4) is 5.75 Å². The zero-order valence-electron chi connectivity index (χ0n) is 10.4. The van der Waals surface area contributed by atoms with Crippen molar-refractivity contribution in [2.24, 2.45) is 5.73 Å². The van der Waals surface area contributed by atoms with Crippen molar-refractivity contribution in [3.63, 3.8) is 0 Å². The van der Waals surface area contributed by atoms with Crippen molar-refractivity contribution in [1.82, 2.24) is 0 Å². The van der Waals surface area contributed by atoms with Gasteiger partial charge >= 0.3 is 5.97 Å². The quantitative estimate of drug-likeness (QED) is 0.821. The molecular formula is C13H19NO3. The van der Waals surface area contributed by atoms with Crippen LogP contribution in [0.3, 0.4) is 0 Å². The molecule has 4 nitrogen and oxygen atoms in total. The number of carboxylic acids is 1. The molecule has 0 radical (unpaired) electrons. The van der Waals surface area contributed by atoms with Gasteiger partial charge in [-0.25, -0.2) is 0 Å². The first-order valence-corrected chi connectivity index (χ1v) is 5.57. The molecule has 1 aromatic rings. The van der Waals surface area contributed by atoms with E-state index >= 15 is 0 Å². The molecule has 0 amide bonds. The van der Waals surface area contributed by atoms with E-state index in [1.807, 2.05) is 38.1 Å². The highest BCUT2D eigenvalue weighted by Crippen LogP contribution is 2.17. The highest BCUT2D eigenvalue weighted by Gasteiger charge is 2.30. The van der Waals surface area contributed by atoms with E-state index in [9.17, 15) is 4.79 Å². The lowest BCUT2D eigenvalue weighted by Crippen LogP contribution is -2.47. The fourth-order valence-corrected chi connectivity index (χ4v) is 1.58. The van der Waals surface area contributed by atoms with Gasteiger partial charge in [0.05, 0.1) is 6.10 Å². The van der Waals surface area contributed by atoms with Gasteiger partial charge in [0.1, 0.15) is 11.3 Å². The summed E-state index contributed by atoms with van der Waals surface area (Å²) in [5, 5.41) is 8.91. The van der Waals surface area contributed by atoms with Crippen LogP contribution in [-0.2, 0) is 4.79 Å². The first-order valence-electron chi connectivity index (χ1n) is 5.57. The SMILES string of the molecule is Cc1ccc(OC(C)CC(C)(N)C(=O)O)cc1. The van der Waals surface area contributed by atoms with E-state index in [1.165, 1.54) is 6.92 Å². The maximum Gasteiger partial charge on any atom is 0.323 e. The van der Waals surface area contributed by atoms with Crippen molar-refractivity contribution >= 4 is 5.97 Å². The van der Waals surface area contributed by atoms with Crippen molar-refractivity contribution in [1.29, 1.82) is 0 Å². The standard InChI is InChI=1S/C13H19NO3/c1-9-4-6-11(7-5-9)17-10(2)8-13(3,14)12(15)16/h4-7,10H,8,14H2,1-3H3,(H,15,16). The molecule has 1 aromatic carbocycles. The Kier molecular flexibility index (Phi) is 4.12. The molecule has 0 bridgehead atoms. The molecule has 0 aliphatic heterocycles. The summed E-state index contributed by atoms with van der Waals surface area (Å²) in [6, 6.07) is 7.61. The van der Waals surface area contributed by atoms with Gasteiger partial charge in [0.25, 0.3) is 0 Å². The van der Waals surface area contributed by atoms with E-state index in [0.717, 1.165) is 11.3 Å². The monoisotopic (exact) mass is 237 g/mol. The minimum atomic E-state index is -1.26. The number of rotatable bonds is 5. The molecule has 2 unspecified atom stereocenters. The normalized spacial score (nSPS) is 16.0. The van der Waals surface area contributed by atoms with Crippen LogP contribution in [0.15, 0.2) is 24.3 Å². The van der Waals surface area contributed by atoms with Crippen LogP contribution in [0.4, 0.5) is 0 Å². The number of aryl methyl sites for hydroxylation is 1. The van der Waals surface area contributed by atoms with Gasteiger partial charge in [0.15, 0.2) is 0 Å². The zero-order chi connectivity index (χ0) is 13.1. The number of hydrogen-bond donors (Lipinski definition) is 2. The van der Waals surface area contributed by atoms with E-state index in [2.05, 4.69) is 0 Å². The topological polar surface area (TPSA) is 72.5 Å². The number of hydrogen-bond acceptors (Lipinski definition) is 3. The maximum absolute atomic E-state index is 10.9. The predicted octanol–water partition coefficient (Wildman–Crippen LogP) is 1.95. The molecular weight excluding hydrogens is 218 g/mol. The summed E-state index contributed by atoms with van der Waals surface area (Å²) in [5.41, 5.74) is 5.55. The van der Waals surface area contributed by atoms with Crippen LogP contribution in [0.5, 0.6) is 5.75 Å².